The summed E-state index contributed by atoms with van der Waals surface area (Å²) in [6, 6.07) is 5.32. The van der Waals surface area contributed by atoms with Gasteiger partial charge in [-0.15, -0.1) is 0 Å². The molecule has 24 heavy (non-hydrogen) atoms. The first-order chi connectivity index (χ1) is 11.2. The van der Waals surface area contributed by atoms with Crippen LogP contribution in [0, 0.1) is 0 Å². The molecule has 134 valence electrons. The highest BCUT2D eigenvalue weighted by Crippen LogP contribution is 2.17. The molecule has 0 aromatic heterocycles. The Morgan fingerprint density at radius 1 is 1.33 bits per heavy atom. The fourth-order valence-corrected chi connectivity index (χ4v) is 2.72. The number of carbonyl (C=O) groups is 2. The normalized spacial score (nSPS) is 12.7. The highest BCUT2D eigenvalue weighted by Gasteiger charge is 2.23. The third kappa shape index (κ3) is 5.02. The number of hydrogen-bond acceptors (Lipinski definition) is 6. The van der Waals surface area contributed by atoms with Gasteiger partial charge in [0.2, 0.25) is 0 Å². The first-order valence-electron chi connectivity index (χ1n) is 7.35. The molecule has 8 nitrogen and oxygen atoms in total. The summed E-state index contributed by atoms with van der Waals surface area (Å²) in [4.78, 5) is 28.4. The molecule has 0 aliphatic carbocycles. The van der Waals surface area contributed by atoms with Gasteiger partial charge in [0.15, 0.2) is 6.10 Å². The Hall–Kier alpha value is -1.97. The first-order valence-corrected chi connectivity index (χ1v) is 8.79. The minimum absolute atomic E-state index is 0.0238. The third-order valence-corrected chi connectivity index (χ3v) is 4.84. The molecule has 0 saturated carbocycles. The summed E-state index contributed by atoms with van der Waals surface area (Å²) >= 11 is 0. The van der Waals surface area contributed by atoms with E-state index in [1.54, 1.807) is 0 Å². The molecular weight excluding hydrogens is 336 g/mol. The van der Waals surface area contributed by atoms with E-state index in [9.17, 15) is 18.0 Å². The average molecular weight is 358 g/mol. The molecule has 0 radical (unpaired) electrons. The van der Waals surface area contributed by atoms with Crippen molar-refractivity contribution < 1.29 is 27.6 Å². The highest BCUT2D eigenvalue weighted by atomic mass is 32.2. The molecule has 1 aromatic rings. The lowest BCUT2D eigenvalue weighted by Crippen LogP contribution is -2.36. The zero-order valence-corrected chi connectivity index (χ0v) is 14.9. The predicted molar refractivity (Wildman–Crippen MR) is 86.6 cm³/mol. The van der Waals surface area contributed by atoms with Crippen molar-refractivity contribution in [2.75, 3.05) is 20.7 Å². The van der Waals surface area contributed by atoms with Crippen molar-refractivity contribution in [1.82, 2.24) is 9.79 Å². The smallest absolute Gasteiger partial charge is 0.338 e. The average Bonchev–Trinajstić information content (AvgIpc) is 2.58. The van der Waals surface area contributed by atoms with Gasteiger partial charge < -0.3 is 10.1 Å². The molecular formula is C15H22N2O6S. The van der Waals surface area contributed by atoms with Crippen LogP contribution in [0.25, 0.3) is 0 Å². The number of nitrogens with zero attached hydrogens (tertiary/aromatic N) is 1. The van der Waals surface area contributed by atoms with Gasteiger partial charge in [0.05, 0.1) is 17.6 Å². The maximum Gasteiger partial charge on any atom is 0.338 e. The number of ether oxygens (including phenoxy) is 1. The van der Waals surface area contributed by atoms with Gasteiger partial charge in [-0.05, 0) is 31.5 Å². The van der Waals surface area contributed by atoms with Gasteiger partial charge >= 0.3 is 5.97 Å². The lowest BCUT2D eigenvalue weighted by Gasteiger charge is -2.15. The minimum atomic E-state index is -3.88. The molecule has 1 atom stereocenters. The summed E-state index contributed by atoms with van der Waals surface area (Å²) in [6.07, 6.45) is -0.217. The lowest BCUT2D eigenvalue weighted by molar-refractivity contribution is -0.129. The van der Waals surface area contributed by atoms with Crippen molar-refractivity contribution in [3.8, 4) is 0 Å². The number of rotatable bonds is 8. The van der Waals surface area contributed by atoms with Gasteiger partial charge in [-0.1, -0.05) is 17.5 Å². The molecule has 0 fully saturated rings. The molecule has 9 heteroatoms. The fourth-order valence-electron chi connectivity index (χ4n) is 1.70. The van der Waals surface area contributed by atoms with Gasteiger partial charge in [0.1, 0.15) is 0 Å². The molecule has 0 spiro atoms. The van der Waals surface area contributed by atoms with Crippen molar-refractivity contribution >= 4 is 21.9 Å². The Morgan fingerprint density at radius 2 is 2.00 bits per heavy atom. The van der Waals surface area contributed by atoms with Gasteiger partial charge in [-0.2, -0.15) is 0 Å². The standard InChI is InChI=1S/C15H22N2O6S/c1-5-9-16-14(18)11(2)23-15(19)12-7-6-8-13(10-12)24(20,21)17(3)22-4/h6-8,10-11H,5,9H2,1-4H3,(H,16,18)/t11-/m0/s1. The zero-order chi connectivity index (χ0) is 18.3. The van der Waals surface area contributed by atoms with E-state index in [1.165, 1.54) is 45.3 Å². The van der Waals surface area contributed by atoms with Crippen LogP contribution in [0.3, 0.4) is 0 Å². The second-order valence-electron chi connectivity index (χ2n) is 4.96. The second-order valence-corrected chi connectivity index (χ2v) is 6.90. The Morgan fingerprint density at radius 3 is 2.58 bits per heavy atom. The van der Waals surface area contributed by atoms with Crippen molar-refractivity contribution in [1.29, 1.82) is 0 Å². The number of nitrogens with one attached hydrogen (secondary N) is 1. The number of esters is 1. The van der Waals surface area contributed by atoms with E-state index in [0.717, 1.165) is 6.42 Å². The van der Waals surface area contributed by atoms with Crippen LogP contribution in [-0.4, -0.2) is 51.6 Å². The van der Waals surface area contributed by atoms with E-state index in [4.69, 9.17) is 4.74 Å². The van der Waals surface area contributed by atoms with Crippen molar-refractivity contribution in [2.45, 2.75) is 31.3 Å². The Balaban J connectivity index is 2.90. The number of carbonyl (C=O) groups excluding carboxylic acids is 2. The van der Waals surface area contributed by atoms with E-state index in [0.29, 0.717) is 11.0 Å². The maximum atomic E-state index is 12.2. The number of benzene rings is 1. The molecule has 1 aromatic carbocycles. The SMILES string of the molecule is CCCNC(=O)[C@H](C)OC(=O)c1cccc(S(=O)(=O)N(C)OC)c1. The number of sulfonamides is 1. The van der Waals surface area contributed by atoms with Crippen molar-refractivity contribution in [3.05, 3.63) is 29.8 Å². The fraction of sp³-hybridized carbons (Fsp3) is 0.467. The zero-order valence-electron chi connectivity index (χ0n) is 14.1. The summed E-state index contributed by atoms with van der Waals surface area (Å²) in [7, 11) is -1.43. The van der Waals surface area contributed by atoms with Crippen LogP contribution in [-0.2, 0) is 24.4 Å². The molecule has 0 heterocycles. The molecule has 0 bridgehead atoms. The van der Waals surface area contributed by atoms with Crippen LogP contribution in [0.5, 0.6) is 0 Å². The first kappa shape index (κ1) is 20.1. The van der Waals surface area contributed by atoms with E-state index in [-0.39, 0.29) is 10.5 Å². The second kappa shape index (κ2) is 8.76. The van der Waals surface area contributed by atoms with E-state index >= 15 is 0 Å². The molecule has 0 saturated heterocycles. The summed E-state index contributed by atoms with van der Waals surface area (Å²) in [5.74, 6) is -1.20. The van der Waals surface area contributed by atoms with Gasteiger partial charge in [0, 0.05) is 13.6 Å². The Bertz CT molecular complexity index is 689. The molecule has 1 N–H and O–H groups in total. The topological polar surface area (TPSA) is 102 Å². The van der Waals surface area contributed by atoms with E-state index in [1.807, 2.05) is 6.92 Å². The van der Waals surface area contributed by atoms with Gasteiger partial charge in [-0.25, -0.2) is 13.2 Å². The third-order valence-electron chi connectivity index (χ3n) is 3.17. The highest BCUT2D eigenvalue weighted by molar-refractivity contribution is 7.89. The number of amides is 1. The van der Waals surface area contributed by atoms with Gasteiger partial charge in [0.25, 0.3) is 15.9 Å². The van der Waals surface area contributed by atoms with Crippen LogP contribution in [0.1, 0.15) is 30.6 Å². The van der Waals surface area contributed by atoms with Crippen LogP contribution in [0.4, 0.5) is 0 Å². The quantitative estimate of drug-likeness (QED) is 0.548. The lowest BCUT2D eigenvalue weighted by atomic mass is 10.2. The summed E-state index contributed by atoms with van der Waals surface area (Å²) in [5, 5.41) is 2.61. The Labute approximate surface area is 141 Å². The van der Waals surface area contributed by atoms with Crippen molar-refractivity contribution in [2.24, 2.45) is 0 Å². The number of hydroxylamine groups is 1. The van der Waals surface area contributed by atoms with E-state index < -0.39 is 28.0 Å². The van der Waals surface area contributed by atoms with Crippen LogP contribution in [0.15, 0.2) is 29.2 Å². The number of hydrogen-bond donors (Lipinski definition) is 1. The van der Waals surface area contributed by atoms with Crippen molar-refractivity contribution in [3.63, 3.8) is 0 Å². The molecule has 0 aliphatic heterocycles. The largest absolute Gasteiger partial charge is 0.449 e. The minimum Gasteiger partial charge on any atom is -0.449 e. The summed E-state index contributed by atoms with van der Waals surface area (Å²) in [5.41, 5.74) is 0.0238. The molecule has 0 aliphatic rings. The predicted octanol–water partition coefficient (Wildman–Crippen LogP) is 0.940. The van der Waals surface area contributed by atoms with Crippen LogP contribution >= 0.6 is 0 Å². The van der Waals surface area contributed by atoms with E-state index in [2.05, 4.69) is 10.2 Å². The summed E-state index contributed by atoms with van der Waals surface area (Å²) < 4.78 is 30.1. The van der Waals surface area contributed by atoms with Crippen LogP contribution in [0.2, 0.25) is 0 Å². The summed E-state index contributed by atoms with van der Waals surface area (Å²) in [6.45, 7) is 3.83. The monoisotopic (exact) mass is 358 g/mol. The molecule has 1 amide bonds. The van der Waals surface area contributed by atoms with Gasteiger partial charge in [-0.3, -0.25) is 9.63 Å². The molecule has 1 rings (SSSR count). The Kier molecular flexibility index (Phi) is 7.33. The maximum absolute atomic E-state index is 12.2. The molecule has 0 unspecified atom stereocenters. The van der Waals surface area contributed by atoms with Crippen LogP contribution < -0.4 is 5.32 Å².